The predicted octanol–water partition coefficient (Wildman–Crippen LogP) is 1.71. The second-order valence-electron chi connectivity index (χ2n) is 6.67. The van der Waals surface area contributed by atoms with Crippen molar-refractivity contribution in [2.24, 2.45) is 0 Å². The molecule has 1 aliphatic rings. The predicted molar refractivity (Wildman–Crippen MR) is 95.6 cm³/mol. The summed E-state index contributed by atoms with van der Waals surface area (Å²) in [5.74, 6) is 0.755. The van der Waals surface area contributed by atoms with Crippen molar-refractivity contribution < 1.29 is 9.53 Å². The molecule has 2 aromatic heterocycles. The molecule has 0 spiro atoms. The summed E-state index contributed by atoms with van der Waals surface area (Å²) in [6.07, 6.45) is 5.59. The first-order valence-corrected chi connectivity index (χ1v) is 8.66. The molecule has 25 heavy (non-hydrogen) atoms. The summed E-state index contributed by atoms with van der Waals surface area (Å²) < 4.78 is 7.54. The van der Waals surface area contributed by atoms with E-state index in [0.29, 0.717) is 12.1 Å². The van der Waals surface area contributed by atoms with Gasteiger partial charge in [-0.15, -0.1) is 0 Å². The highest BCUT2D eigenvalue weighted by Crippen LogP contribution is 2.18. The lowest BCUT2D eigenvalue weighted by Gasteiger charge is -2.36. The molecular formula is C18H25N5O2. The maximum absolute atomic E-state index is 12.4. The summed E-state index contributed by atoms with van der Waals surface area (Å²) >= 11 is 0. The van der Waals surface area contributed by atoms with Gasteiger partial charge in [0, 0.05) is 37.7 Å². The fraction of sp³-hybridized carbons (Fsp3) is 0.500. The summed E-state index contributed by atoms with van der Waals surface area (Å²) in [5.41, 5.74) is 0.561. The van der Waals surface area contributed by atoms with Crippen molar-refractivity contribution >= 4 is 11.7 Å². The minimum atomic E-state index is -0.123. The average Bonchev–Trinajstić information content (AvgIpc) is 3.07. The number of carbonyl (C=O) groups is 1. The highest BCUT2D eigenvalue weighted by molar-refractivity contribution is 5.94. The van der Waals surface area contributed by atoms with Crippen molar-refractivity contribution in [3.8, 4) is 0 Å². The molecule has 134 valence electrons. The summed E-state index contributed by atoms with van der Waals surface area (Å²) in [5, 5.41) is 7.12. The Bertz CT molecular complexity index is 676. The van der Waals surface area contributed by atoms with Gasteiger partial charge in [-0.2, -0.15) is 5.10 Å². The van der Waals surface area contributed by atoms with Gasteiger partial charge in [0.25, 0.3) is 5.91 Å². The zero-order valence-corrected chi connectivity index (χ0v) is 14.9. The number of hydrogen-bond acceptors (Lipinski definition) is 5. The Morgan fingerprint density at radius 2 is 2.12 bits per heavy atom. The van der Waals surface area contributed by atoms with Crippen molar-refractivity contribution in [1.29, 1.82) is 0 Å². The van der Waals surface area contributed by atoms with Gasteiger partial charge in [-0.05, 0) is 39.0 Å². The van der Waals surface area contributed by atoms with Crippen LogP contribution >= 0.6 is 0 Å². The molecule has 0 aromatic carbocycles. The first-order valence-electron chi connectivity index (χ1n) is 8.66. The maximum Gasteiger partial charge on any atom is 0.253 e. The van der Waals surface area contributed by atoms with Crippen LogP contribution in [0.25, 0.3) is 0 Å². The van der Waals surface area contributed by atoms with Crippen LogP contribution < -0.4 is 10.2 Å². The van der Waals surface area contributed by atoms with Crippen LogP contribution in [0.15, 0.2) is 36.8 Å². The number of anilines is 1. The van der Waals surface area contributed by atoms with Crippen LogP contribution in [0.4, 0.5) is 5.82 Å². The average molecular weight is 343 g/mol. The van der Waals surface area contributed by atoms with Crippen molar-refractivity contribution in [2.75, 3.05) is 18.0 Å². The van der Waals surface area contributed by atoms with E-state index in [1.807, 2.05) is 31.3 Å². The van der Waals surface area contributed by atoms with Crippen LogP contribution in [0.5, 0.6) is 0 Å². The summed E-state index contributed by atoms with van der Waals surface area (Å²) in [6, 6.07) is 5.57. The third-order valence-electron chi connectivity index (χ3n) is 4.15. The summed E-state index contributed by atoms with van der Waals surface area (Å²) in [7, 11) is 0. The molecule has 1 N–H and O–H groups in total. The number of ether oxygens (including phenoxy) is 1. The van der Waals surface area contributed by atoms with Crippen LogP contribution in [0.2, 0.25) is 0 Å². The SMILES string of the molecule is C[C@H](Cn1cccn1)NC(=O)c1ccc(N2C[C@@H](C)O[C@@H](C)C2)nc1. The Hall–Kier alpha value is -2.41. The molecule has 0 aliphatic carbocycles. The van der Waals surface area contributed by atoms with Gasteiger partial charge in [0.2, 0.25) is 0 Å². The van der Waals surface area contributed by atoms with E-state index < -0.39 is 0 Å². The lowest BCUT2D eigenvalue weighted by Crippen LogP contribution is -2.45. The number of morpholine rings is 1. The van der Waals surface area contributed by atoms with Gasteiger partial charge in [-0.25, -0.2) is 4.98 Å². The summed E-state index contributed by atoms with van der Waals surface area (Å²) in [6.45, 7) is 8.33. The number of carbonyl (C=O) groups excluding carboxylic acids is 1. The zero-order valence-electron chi connectivity index (χ0n) is 14.9. The van der Waals surface area contributed by atoms with Crippen molar-refractivity contribution in [2.45, 2.75) is 45.6 Å². The largest absolute Gasteiger partial charge is 0.372 e. The molecule has 1 aliphatic heterocycles. The fourth-order valence-electron chi connectivity index (χ4n) is 3.11. The van der Waals surface area contributed by atoms with Gasteiger partial charge in [0.15, 0.2) is 0 Å². The fourth-order valence-corrected chi connectivity index (χ4v) is 3.11. The summed E-state index contributed by atoms with van der Waals surface area (Å²) in [4.78, 5) is 19.0. The Morgan fingerprint density at radius 1 is 1.36 bits per heavy atom. The third kappa shape index (κ3) is 4.57. The van der Waals surface area contributed by atoms with Crippen LogP contribution in [-0.2, 0) is 11.3 Å². The first-order chi connectivity index (χ1) is 12.0. The lowest BCUT2D eigenvalue weighted by atomic mass is 10.2. The normalized spacial score (nSPS) is 21.8. The molecular weight excluding hydrogens is 318 g/mol. The van der Waals surface area contributed by atoms with E-state index >= 15 is 0 Å². The lowest BCUT2D eigenvalue weighted by molar-refractivity contribution is -0.00546. The monoisotopic (exact) mass is 343 g/mol. The highest BCUT2D eigenvalue weighted by atomic mass is 16.5. The number of hydrogen-bond donors (Lipinski definition) is 1. The molecule has 0 bridgehead atoms. The number of amides is 1. The quantitative estimate of drug-likeness (QED) is 0.895. The topological polar surface area (TPSA) is 72.3 Å². The van der Waals surface area contributed by atoms with Gasteiger partial charge < -0.3 is 15.0 Å². The Balaban J connectivity index is 1.58. The smallest absolute Gasteiger partial charge is 0.253 e. The van der Waals surface area contributed by atoms with E-state index in [1.165, 1.54) is 0 Å². The Kier molecular flexibility index (Phi) is 5.33. The molecule has 7 heteroatoms. The standard InChI is InChI=1S/C18H25N5O2/c1-13(10-23-8-4-7-20-23)21-18(24)16-5-6-17(19-9-16)22-11-14(2)25-15(3)12-22/h4-9,13-15H,10-12H2,1-3H3,(H,21,24)/t13-,14-,15+/m1/s1. The molecule has 7 nitrogen and oxygen atoms in total. The second-order valence-corrected chi connectivity index (χ2v) is 6.67. The van der Waals surface area contributed by atoms with E-state index in [0.717, 1.165) is 18.9 Å². The van der Waals surface area contributed by atoms with Gasteiger partial charge in [0.05, 0.1) is 24.3 Å². The minimum Gasteiger partial charge on any atom is -0.372 e. The van der Waals surface area contributed by atoms with Gasteiger partial charge in [-0.3, -0.25) is 9.48 Å². The first kappa shape index (κ1) is 17.4. The third-order valence-corrected chi connectivity index (χ3v) is 4.15. The van der Waals surface area contributed by atoms with Crippen LogP contribution in [0.3, 0.4) is 0 Å². The van der Waals surface area contributed by atoms with Gasteiger partial charge in [0.1, 0.15) is 5.82 Å². The number of nitrogens with zero attached hydrogens (tertiary/aromatic N) is 4. The Labute approximate surface area is 148 Å². The zero-order chi connectivity index (χ0) is 17.8. The molecule has 2 aromatic rings. The minimum absolute atomic E-state index is 0.0204. The molecule has 3 heterocycles. The van der Waals surface area contributed by atoms with Gasteiger partial charge in [-0.1, -0.05) is 0 Å². The van der Waals surface area contributed by atoms with Crippen LogP contribution in [0, 0.1) is 0 Å². The number of aromatic nitrogens is 3. The molecule has 1 saturated heterocycles. The Morgan fingerprint density at radius 3 is 2.72 bits per heavy atom. The molecule has 0 radical (unpaired) electrons. The maximum atomic E-state index is 12.4. The molecule has 3 rings (SSSR count). The van der Waals surface area contributed by atoms with E-state index in [9.17, 15) is 4.79 Å². The van der Waals surface area contributed by atoms with E-state index in [-0.39, 0.29) is 24.2 Å². The van der Waals surface area contributed by atoms with E-state index in [2.05, 4.69) is 34.1 Å². The van der Waals surface area contributed by atoms with Gasteiger partial charge >= 0.3 is 0 Å². The highest BCUT2D eigenvalue weighted by Gasteiger charge is 2.23. The van der Waals surface area contributed by atoms with Crippen molar-refractivity contribution in [3.63, 3.8) is 0 Å². The molecule has 1 amide bonds. The van der Waals surface area contributed by atoms with E-state index in [1.54, 1.807) is 17.1 Å². The molecule has 1 fully saturated rings. The number of nitrogens with one attached hydrogen (secondary N) is 1. The van der Waals surface area contributed by atoms with E-state index in [4.69, 9.17) is 4.74 Å². The van der Waals surface area contributed by atoms with Crippen LogP contribution in [0.1, 0.15) is 31.1 Å². The molecule has 0 unspecified atom stereocenters. The van der Waals surface area contributed by atoms with Crippen LogP contribution in [-0.4, -0.2) is 52.0 Å². The number of pyridine rings is 1. The van der Waals surface area contributed by atoms with Crippen molar-refractivity contribution in [3.05, 3.63) is 42.4 Å². The second kappa shape index (κ2) is 7.65. The molecule has 0 saturated carbocycles. The molecule has 3 atom stereocenters. The van der Waals surface area contributed by atoms with Crippen molar-refractivity contribution in [1.82, 2.24) is 20.1 Å². The number of rotatable bonds is 5.